The maximum Gasteiger partial charge on any atom is 0.123 e. The molecule has 1 fully saturated rings. The Hall–Kier alpha value is -2.79. The third kappa shape index (κ3) is 6.34. The van der Waals surface area contributed by atoms with E-state index in [4.69, 9.17) is 4.99 Å². The zero-order chi connectivity index (χ0) is 22.1. The van der Waals surface area contributed by atoms with Crippen molar-refractivity contribution < 1.29 is 4.39 Å². The summed E-state index contributed by atoms with van der Waals surface area (Å²) >= 11 is 0. The molecule has 31 heavy (non-hydrogen) atoms. The van der Waals surface area contributed by atoms with E-state index in [-0.39, 0.29) is 11.9 Å². The molecule has 4 nitrogen and oxygen atoms in total. The Morgan fingerprint density at radius 3 is 2.81 bits per heavy atom. The van der Waals surface area contributed by atoms with Gasteiger partial charge in [-0.2, -0.15) is 0 Å². The molecule has 1 aromatic rings. The van der Waals surface area contributed by atoms with E-state index in [9.17, 15) is 4.39 Å². The van der Waals surface area contributed by atoms with Gasteiger partial charge in [0.2, 0.25) is 0 Å². The number of nitrogens with zero attached hydrogens (tertiary/aromatic N) is 3. The van der Waals surface area contributed by atoms with E-state index in [1.165, 1.54) is 38.2 Å². The standard InChI is InChI=1S/C26H33FN4/c1-4-26(22-9-8-10-23(27)18-22)31-16-14-21(17-20(31)2)25(13-15-28-3)30-19-29-24-11-6-5-7-12-24/h8-10,13-18,24,26,29H,2-7,11-12,19H2,1H3/b15-13-,30-25+. The lowest BCUT2D eigenvalue weighted by atomic mass is 9.96. The molecule has 0 amide bonds. The highest BCUT2D eigenvalue weighted by molar-refractivity contribution is 6.10. The third-order valence-electron chi connectivity index (χ3n) is 5.89. The minimum Gasteiger partial charge on any atom is -0.341 e. The monoisotopic (exact) mass is 420 g/mol. The minimum absolute atomic E-state index is 0.0241. The lowest BCUT2D eigenvalue weighted by molar-refractivity contribution is 0.343. The Morgan fingerprint density at radius 2 is 2.13 bits per heavy atom. The first kappa shape index (κ1) is 22.9. The van der Waals surface area contributed by atoms with E-state index in [0.717, 1.165) is 29.0 Å². The molecule has 1 saturated carbocycles. The van der Waals surface area contributed by atoms with Crippen LogP contribution in [0.1, 0.15) is 57.1 Å². The highest BCUT2D eigenvalue weighted by Gasteiger charge is 2.21. The second-order valence-electron chi connectivity index (χ2n) is 8.03. The van der Waals surface area contributed by atoms with Gasteiger partial charge < -0.3 is 4.90 Å². The number of aliphatic imine (C=N–C) groups is 2. The van der Waals surface area contributed by atoms with E-state index < -0.39 is 0 Å². The summed E-state index contributed by atoms with van der Waals surface area (Å²) in [6.45, 7) is 10.5. The molecule has 1 N–H and O–H groups in total. The topological polar surface area (TPSA) is 40.0 Å². The molecule has 2 aliphatic rings. The molecule has 1 aliphatic heterocycles. The van der Waals surface area contributed by atoms with Crippen molar-refractivity contribution >= 4 is 12.4 Å². The van der Waals surface area contributed by atoms with Gasteiger partial charge in [0.05, 0.1) is 18.4 Å². The van der Waals surface area contributed by atoms with Crippen molar-refractivity contribution in [2.24, 2.45) is 9.98 Å². The summed E-state index contributed by atoms with van der Waals surface area (Å²) in [5.74, 6) is -0.222. The molecule has 1 aromatic carbocycles. The molecule has 1 unspecified atom stereocenters. The SMILES string of the molecule is C=N/C=C\C(=N/CNC1CCCCC1)C1=CC(=C)N(C(CC)c2cccc(F)c2)C=C1. The summed E-state index contributed by atoms with van der Waals surface area (Å²) < 4.78 is 13.8. The summed E-state index contributed by atoms with van der Waals surface area (Å²) in [5.41, 5.74) is 3.60. The molecular formula is C26H33FN4. The summed E-state index contributed by atoms with van der Waals surface area (Å²) in [6, 6.07) is 7.35. The van der Waals surface area contributed by atoms with Gasteiger partial charge in [0, 0.05) is 29.7 Å². The molecule has 5 heteroatoms. The van der Waals surface area contributed by atoms with Crippen molar-refractivity contribution in [3.05, 3.63) is 84.1 Å². The predicted octanol–water partition coefficient (Wildman–Crippen LogP) is 6.08. The van der Waals surface area contributed by atoms with Gasteiger partial charge in [0.1, 0.15) is 5.82 Å². The van der Waals surface area contributed by atoms with Crippen molar-refractivity contribution in [3.63, 3.8) is 0 Å². The van der Waals surface area contributed by atoms with Crippen LogP contribution in [0.5, 0.6) is 0 Å². The third-order valence-corrected chi connectivity index (χ3v) is 5.89. The van der Waals surface area contributed by atoms with Crippen LogP contribution >= 0.6 is 0 Å². The smallest absolute Gasteiger partial charge is 0.123 e. The van der Waals surface area contributed by atoms with Crippen LogP contribution in [0.15, 0.2) is 82.7 Å². The minimum atomic E-state index is -0.222. The Bertz CT molecular complexity index is 890. The van der Waals surface area contributed by atoms with E-state index in [1.807, 2.05) is 30.5 Å². The molecule has 0 aromatic heterocycles. The molecule has 1 aliphatic carbocycles. The van der Waals surface area contributed by atoms with Crippen LogP contribution in [0.4, 0.5) is 4.39 Å². The van der Waals surface area contributed by atoms with Crippen LogP contribution in [0.25, 0.3) is 0 Å². The second kappa shape index (κ2) is 11.6. The van der Waals surface area contributed by atoms with Crippen molar-refractivity contribution in [2.45, 2.75) is 57.5 Å². The summed E-state index contributed by atoms with van der Waals surface area (Å²) in [7, 11) is 0. The quantitative estimate of drug-likeness (QED) is 0.492. The fraction of sp³-hybridized carbons (Fsp3) is 0.385. The maximum atomic E-state index is 13.8. The molecule has 0 saturated heterocycles. The highest BCUT2D eigenvalue weighted by Crippen LogP contribution is 2.31. The van der Waals surface area contributed by atoms with E-state index in [0.29, 0.717) is 12.7 Å². The van der Waals surface area contributed by atoms with Crippen LogP contribution < -0.4 is 5.32 Å². The zero-order valence-electron chi connectivity index (χ0n) is 18.4. The first-order valence-corrected chi connectivity index (χ1v) is 11.2. The van der Waals surface area contributed by atoms with Gasteiger partial charge in [0.15, 0.2) is 0 Å². The normalized spacial score (nSPS) is 19.0. The summed E-state index contributed by atoms with van der Waals surface area (Å²) in [6.07, 6.45) is 16.8. The van der Waals surface area contributed by atoms with Crippen LogP contribution in [-0.4, -0.2) is 30.0 Å². The highest BCUT2D eigenvalue weighted by atomic mass is 19.1. The van der Waals surface area contributed by atoms with Crippen molar-refractivity contribution in [3.8, 4) is 0 Å². The summed E-state index contributed by atoms with van der Waals surface area (Å²) in [5, 5.41) is 3.55. The van der Waals surface area contributed by atoms with Crippen LogP contribution in [0, 0.1) is 5.82 Å². The van der Waals surface area contributed by atoms with Gasteiger partial charge in [-0.3, -0.25) is 15.3 Å². The van der Waals surface area contributed by atoms with E-state index in [1.54, 1.807) is 18.3 Å². The van der Waals surface area contributed by atoms with E-state index >= 15 is 0 Å². The molecule has 0 radical (unpaired) electrons. The van der Waals surface area contributed by atoms with Crippen molar-refractivity contribution in [1.29, 1.82) is 0 Å². The van der Waals surface area contributed by atoms with Crippen LogP contribution in [0.2, 0.25) is 0 Å². The molecule has 164 valence electrons. The molecule has 3 rings (SSSR count). The fourth-order valence-corrected chi connectivity index (χ4v) is 4.26. The Morgan fingerprint density at radius 1 is 1.32 bits per heavy atom. The fourth-order valence-electron chi connectivity index (χ4n) is 4.26. The van der Waals surface area contributed by atoms with Gasteiger partial charge in [-0.25, -0.2) is 4.39 Å². The average molecular weight is 421 g/mol. The van der Waals surface area contributed by atoms with Gasteiger partial charge >= 0.3 is 0 Å². The van der Waals surface area contributed by atoms with Gasteiger partial charge in [-0.15, -0.1) is 0 Å². The van der Waals surface area contributed by atoms with E-state index in [2.05, 4.69) is 35.4 Å². The molecule has 0 bridgehead atoms. The maximum absolute atomic E-state index is 13.8. The lowest BCUT2D eigenvalue weighted by Crippen LogP contribution is -2.31. The predicted molar refractivity (Wildman–Crippen MR) is 129 cm³/mol. The Labute approximate surface area is 185 Å². The largest absolute Gasteiger partial charge is 0.341 e. The molecule has 1 heterocycles. The van der Waals surface area contributed by atoms with Gasteiger partial charge in [-0.05, 0) is 61.9 Å². The molecule has 1 atom stereocenters. The zero-order valence-corrected chi connectivity index (χ0v) is 18.4. The number of halogens is 1. The number of allylic oxidation sites excluding steroid dienone is 4. The summed E-state index contributed by atoms with van der Waals surface area (Å²) in [4.78, 5) is 10.7. The number of nitrogens with one attached hydrogen (secondary N) is 1. The Balaban J connectivity index is 1.73. The molecule has 0 spiro atoms. The number of rotatable bonds is 9. The van der Waals surface area contributed by atoms with Gasteiger partial charge in [-0.1, -0.05) is 44.9 Å². The van der Waals surface area contributed by atoms with Crippen molar-refractivity contribution in [2.75, 3.05) is 6.67 Å². The number of hydrogen-bond donors (Lipinski definition) is 1. The molecular weight excluding hydrogens is 387 g/mol. The first-order valence-electron chi connectivity index (χ1n) is 11.2. The van der Waals surface area contributed by atoms with Gasteiger partial charge in [0.25, 0.3) is 0 Å². The average Bonchev–Trinajstić information content (AvgIpc) is 2.78. The van der Waals surface area contributed by atoms with Crippen molar-refractivity contribution in [1.82, 2.24) is 10.2 Å². The lowest BCUT2D eigenvalue weighted by Gasteiger charge is -2.33. The van der Waals surface area contributed by atoms with Crippen LogP contribution in [0.3, 0.4) is 0 Å². The number of benzene rings is 1. The van der Waals surface area contributed by atoms with Crippen LogP contribution in [-0.2, 0) is 0 Å². The Kier molecular flexibility index (Phi) is 8.53. The first-order chi connectivity index (χ1) is 15.1. The number of hydrogen-bond acceptors (Lipinski definition) is 4. The second-order valence-corrected chi connectivity index (χ2v) is 8.03.